The number of nitrogens with zero attached hydrogens (tertiary/aromatic N) is 2. The van der Waals surface area contributed by atoms with Crippen molar-refractivity contribution < 1.29 is 9.53 Å². The molecule has 0 aliphatic carbocycles. The minimum atomic E-state index is -0.402. The van der Waals surface area contributed by atoms with E-state index < -0.39 is 5.60 Å². The minimum absolute atomic E-state index is 0.119. The molecule has 2 fully saturated rings. The summed E-state index contributed by atoms with van der Waals surface area (Å²) in [4.78, 5) is 17.0. The smallest absolute Gasteiger partial charge is 0.410 e. The van der Waals surface area contributed by atoms with E-state index >= 15 is 0 Å². The first-order valence-electron chi connectivity index (χ1n) is 8.51. The Morgan fingerprint density at radius 2 is 1.81 bits per heavy atom. The summed E-state index contributed by atoms with van der Waals surface area (Å²) >= 11 is 0. The van der Waals surface area contributed by atoms with Crippen LogP contribution in [0.15, 0.2) is 0 Å². The number of hydrogen-bond acceptors (Lipinski definition) is 3. The summed E-state index contributed by atoms with van der Waals surface area (Å²) < 4.78 is 5.59. The standard InChI is InChI=1S/C17H32N2O2/c1-13(2)18-10-6-8-14(12-18)15-9-7-11-19(15)16(20)21-17(3,4)5/h13-15H,6-12H2,1-5H3. The molecular weight excluding hydrogens is 264 g/mol. The van der Waals surface area contributed by atoms with Crippen molar-refractivity contribution in [2.45, 2.75) is 78.0 Å². The Bertz CT molecular complexity index is 362. The van der Waals surface area contributed by atoms with E-state index in [0.717, 1.165) is 25.9 Å². The molecule has 0 aromatic carbocycles. The summed E-state index contributed by atoms with van der Waals surface area (Å²) in [6, 6.07) is 0.977. The van der Waals surface area contributed by atoms with Gasteiger partial charge in [0.15, 0.2) is 0 Å². The number of ether oxygens (including phenoxy) is 1. The van der Waals surface area contributed by atoms with Crippen LogP contribution in [0.25, 0.3) is 0 Å². The summed E-state index contributed by atoms with van der Waals surface area (Å²) in [5.74, 6) is 0.608. The minimum Gasteiger partial charge on any atom is -0.444 e. The number of rotatable bonds is 2. The van der Waals surface area contributed by atoms with Gasteiger partial charge in [0, 0.05) is 25.2 Å². The Hall–Kier alpha value is -0.770. The van der Waals surface area contributed by atoms with Crippen LogP contribution in [-0.2, 0) is 4.74 Å². The number of likely N-dealkylation sites (tertiary alicyclic amines) is 2. The molecule has 21 heavy (non-hydrogen) atoms. The first kappa shape index (κ1) is 16.6. The molecule has 4 nitrogen and oxygen atoms in total. The number of hydrogen-bond donors (Lipinski definition) is 0. The van der Waals surface area contributed by atoms with E-state index in [0.29, 0.717) is 18.0 Å². The summed E-state index contributed by atoms with van der Waals surface area (Å²) in [5, 5.41) is 0. The molecule has 0 aromatic rings. The summed E-state index contributed by atoms with van der Waals surface area (Å²) in [5.41, 5.74) is -0.402. The third kappa shape index (κ3) is 4.35. The fraction of sp³-hybridized carbons (Fsp3) is 0.941. The maximum Gasteiger partial charge on any atom is 0.410 e. The SMILES string of the molecule is CC(C)N1CCCC(C2CCCN2C(=O)OC(C)(C)C)C1. The Kier molecular flexibility index (Phi) is 5.18. The van der Waals surface area contributed by atoms with Crippen LogP contribution < -0.4 is 0 Å². The van der Waals surface area contributed by atoms with Gasteiger partial charge < -0.3 is 14.5 Å². The van der Waals surface area contributed by atoms with Gasteiger partial charge in [-0.1, -0.05) is 0 Å². The lowest BCUT2D eigenvalue weighted by Crippen LogP contribution is -2.49. The number of piperidine rings is 1. The molecule has 2 atom stereocenters. The predicted molar refractivity (Wildman–Crippen MR) is 85.4 cm³/mol. The van der Waals surface area contributed by atoms with Gasteiger partial charge in [-0.25, -0.2) is 4.79 Å². The molecular formula is C17H32N2O2. The Morgan fingerprint density at radius 1 is 1.14 bits per heavy atom. The molecule has 2 aliphatic heterocycles. The first-order valence-corrected chi connectivity index (χ1v) is 8.51. The summed E-state index contributed by atoms with van der Waals surface area (Å²) in [6.07, 6.45) is 4.62. The summed E-state index contributed by atoms with van der Waals surface area (Å²) in [6.45, 7) is 13.5. The van der Waals surface area contributed by atoms with Crippen molar-refractivity contribution in [2.75, 3.05) is 19.6 Å². The average Bonchev–Trinajstić information content (AvgIpc) is 2.86. The zero-order valence-electron chi connectivity index (χ0n) is 14.4. The summed E-state index contributed by atoms with van der Waals surface area (Å²) in [7, 11) is 0. The van der Waals surface area contributed by atoms with Gasteiger partial charge in [-0.2, -0.15) is 0 Å². The van der Waals surface area contributed by atoms with Crippen molar-refractivity contribution in [2.24, 2.45) is 5.92 Å². The highest BCUT2D eigenvalue weighted by Crippen LogP contribution is 2.32. The van der Waals surface area contributed by atoms with Crippen LogP contribution in [0.2, 0.25) is 0 Å². The number of carbonyl (C=O) groups excluding carboxylic acids is 1. The van der Waals surface area contributed by atoms with Crippen LogP contribution in [0.5, 0.6) is 0 Å². The van der Waals surface area contributed by atoms with Gasteiger partial charge in [-0.15, -0.1) is 0 Å². The molecule has 0 saturated carbocycles. The molecule has 2 unspecified atom stereocenters. The van der Waals surface area contributed by atoms with E-state index in [1.54, 1.807) is 0 Å². The van der Waals surface area contributed by atoms with Crippen molar-refractivity contribution in [1.82, 2.24) is 9.80 Å². The molecule has 2 saturated heterocycles. The third-order valence-electron chi connectivity index (χ3n) is 4.69. The van der Waals surface area contributed by atoms with Crippen LogP contribution in [0, 0.1) is 5.92 Å². The monoisotopic (exact) mass is 296 g/mol. The molecule has 2 aliphatic rings. The molecule has 2 heterocycles. The lowest BCUT2D eigenvalue weighted by molar-refractivity contribution is 0.0109. The second-order valence-electron chi connectivity index (χ2n) is 7.87. The fourth-order valence-electron chi connectivity index (χ4n) is 3.65. The number of carbonyl (C=O) groups is 1. The van der Waals surface area contributed by atoms with Crippen LogP contribution in [0.1, 0.15) is 60.3 Å². The van der Waals surface area contributed by atoms with Crippen LogP contribution >= 0.6 is 0 Å². The Labute approximate surface area is 129 Å². The van der Waals surface area contributed by atoms with Crippen molar-refractivity contribution in [1.29, 1.82) is 0 Å². The van der Waals surface area contributed by atoms with Gasteiger partial charge >= 0.3 is 6.09 Å². The second-order valence-corrected chi connectivity index (χ2v) is 7.87. The fourth-order valence-corrected chi connectivity index (χ4v) is 3.65. The van der Waals surface area contributed by atoms with Crippen molar-refractivity contribution >= 4 is 6.09 Å². The van der Waals surface area contributed by atoms with E-state index in [-0.39, 0.29) is 6.09 Å². The van der Waals surface area contributed by atoms with Gasteiger partial charge in [0.2, 0.25) is 0 Å². The average molecular weight is 296 g/mol. The van der Waals surface area contributed by atoms with E-state index in [4.69, 9.17) is 4.74 Å². The van der Waals surface area contributed by atoms with Gasteiger partial charge in [0.25, 0.3) is 0 Å². The van der Waals surface area contributed by atoms with Gasteiger partial charge in [-0.05, 0) is 72.8 Å². The molecule has 0 aromatic heterocycles. The highest BCUT2D eigenvalue weighted by molar-refractivity contribution is 5.69. The zero-order valence-corrected chi connectivity index (χ0v) is 14.4. The van der Waals surface area contributed by atoms with Crippen molar-refractivity contribution in [3.8, 4) is 0 Å². The molecule has 0 spiro atoms. The third-order valence-corrected chi connectivity index (χ3v) is 4.69. The van der Waals surface area contributed by atoms with Crippen LogP contribution in [0.3, 0.4) is 0 Å². The molecule has 122 valence electrons. The number of amides is 1. The topological polar surface area (TPSA) is 32.8 Å². The zero-order chi connectivity index (χ0) is 15.6. The van der Waals surface area contributed by atoms with Crippen molar-refractivity contribution in [3.63, 3.8) is 0 Å². The maximum atomic E-state index is 12.4. The van der Waals surface area contributed by atoms with Gasteiger partial charge in [-0.3, -0.25) is 0 Å². The highest BCUT2D eigenvalue weighted by Gasteiger charge is 2.38. The van der Waals surface area contributed by atoms with Crippen molar-refractivity contribution in [3.05, 3.63) is 0 Å². The highest BCUT2D eigenvalue weighted by atomic mass is 16.6. The van der Waals surface area contributed by atoms with Gasteiger partial charge in [0.05, 0.1) is 0 Å². The first-order chi connectivity index (χ1) is 9.78. The molecule has 4 heteroatoms. The Balaban J connectivity index is 1.99. The van der Waals surface area contributed by atoms with Crippen LogP contribution in [-0.4, -0.2) is 53.2 Å². The predicted octanol–water partition coefficient (Wildman–Crippen LogP) is 3.51. The second kappa shape index (κ2) is 6.55. The largest absolute Gasteiger partial charge is 0.444 e. The van der Waals surface area contributed by atoms with E-state index in [1.165, 1.54) is 19.4 Å². The maximum absolute atomic E-state index is 12.4. The molecule has 0 N–H and O–H groups in total. The van der Waals surface area contributed by atoms with Crippen LogP contribution in [0.4, 0.5) is 4.79 Å². The van der Waals surface area contributed by atoms with Gasteiger partial charge in [0.1, 0.15) is 5.60 Å². The molecule has 0 radical (unpaired) electrons. The molecule has 1 amide bonds. The Morgan fingerprint density at radius 3 is 2.43 bits per heavy atom. The normalized spacial score (nSPS) is 28.2. The lowest BCUT2D eigenvalue weighted by atomic mass is 9.88. The lowest BCUT2D eigenvalue weighted by Gasteiger charge is -2.40. The van der Waals surface area contributed by atoms with E-state index in [2.05, 4.69) is 18.7 Å². The van der Waals surface area contributed by atoms with E-state index in [1.807, 2.05) is 25.7 Å². The quantitative estimate of drug-likeness (QED) is 0.782. The van der Waals surface area contributed by atoms with E-state index in [9.17, 15) is 4.79 Å². The molecule has 0 bridgehead atoms. The molecule has 2 rings (SSSR count).